The van der Waals surface area contributed by atoms with E-state index in [2.05, 4.69) is 11.7 Å². The van der Waals surface area contributed by atoms with E-state index in [1.54, 1.807) is 0 Å². The molecule has 0 aliphatic carbocycles. The van der Waals surface area contributed by atoms with Gasteiger partial charge in [0, 0.05) is 12.3 Å². The van der Waals surface area contributed by atoms with E-state index in [0.717, 1.165) is 26.1 Å². The Kier molecular flexibility index (Phi) is 13.9. The first-order chi connectivity index (χ1) is 10.1. The molecule has 0 radical (unpaired) electrons. The number of hydrogen-bond acceptors (Lipinski definition) is 4. The summed E-state index contributed by atoms with van der Waals surface area (Å²) in [5.74, 6) is -0.823. The van der Waals surface area contributed by atoms with Crippen molar-refractivity contribution in [1.29, 1.82) is 0 Å². The van der Waals surface area contributed by atoms with E-state index in [0.29, 0.717) is 6.42 Å². The van der Waals surface area contributed by atoms with Gasteiger partial charge in [0.05, 0.1) is 13.2 Å². The Morgan fingerprint density at radius 2 is 1.52 bits per heavy atom. The average Bonchev–Trinajstić information content (AvgIpc) is 3.28. The van der Waals surface area contributed by atoms with E-state index in [9.17, 15) is 4.79 Å². The SMILES string of the molecule is C1CO1.CCCCCCCCCCC(CC(O)O)C(N)=O. The lowest BCUT2D eigenvalue weighted by atomic mass is 9.96. The van der Waals surface area contributed by atoms with Gasteiger partial charge in [0.25, 0.3) is 0 Å². The van der Waals surface area contributed by atoms with Gasteiger partial charge in [-0.2, -0.15) is 0 Å². The summed E-state index contributed by atoms with van der Waals surface area (Å²) < 4.78 is 4.50. The Labute approximate surface area is 128 Å². The summed E-state index contributed by atoms with van der Waals surface area (Å²) in [5.41, 5.74) is 5.22. The van der Waals surface area contributed by atoms with Gasteiger partial charge in [-0.3, -0.25) is 4.79 Å². The number of hydrogen-bond donors (Lipinski definition) is 3. The minimum absolute atomic E-state index is 0.0613. The van der Waals surface area contributed by atoms with Crippen LogP contribution in [0.3, 0.4) is 0 Å². The monoisotopic (exact) mass is 303 g/mol. The minimum atomic E-state index is -1.43. The molecule has 1 unspecified atom stereocenters. The van der Waals surface area contributed by atoms with Crippen molar-refractivity contribution in [2.24, 2.45) is 11.7 Å². The normalized spacial score (nSPS) is 14.5. The minimum Gasteiger partial charge on any atom is -0.377 e. The fourth-order valence-electron chi connectivity index (χ4n) is 2.16. The van der Waals surface area contributed by atoms with Crippen molar-refractivity contribution in [3.63, 3.8) is 0 Å². The van der Waals surface area contributed by atoms with Crippen LogP contribution in [0.5, 0.6) is 0 Å². The standard InChI is InChI=1S/C14H29NO3.C2H4O/c1-2-3-4-5-6-7-8-9-10-12(14(15)18)11-13(16)17;1-2-3-1/h12-13,16-17H,2-11H2,1H3,(H2,15,18);1-2H2. The predicted molar refractivity (Wildman–Crippen MR) is 83.6 cm³/mol. The molecule has 1 amide bonds. The molecule has 1 fully saturated rings. The molecule has 1 atom stereocenters. The molecule has 0 aromatic rings. The molecule has 1 aliphatic rings. The number of carbonyl (C=O) groups is 1. The molecule has 4 N–H and O–H groups in total. The molecule has 0 aromatic carbocycles. The van der Waals surface area contributed by atoms with E-state index in [1.165, 1.54) is 38.5 Å². The van der Waals surface area contributed by atoms with Gasteiger partial charge in [-0.15, -0.1) is 0 Å². The van der Waals surface area contributed by atoms with E-state index in [1.807, 2.05) is 0 Å². The van der Waals surface area contributed by atoms with Gasteiger partial charge in [0.1, 0.15) is 0 Å². The molecule has 126 valence electrons. The summed E-state index contributed by atoms with van der Waals surface area (Å²) in [5, 5.41) is 17.7. The van der Waals surface area contributed by atoms with Crippen LogP contribution in [0.25, 0.3) is 0 Å². The fraction of sp³-hybridized carbons (Fsp3) is 0.938. The van der Waals surface area contributed by atoms with Crippen molar-refractivity contribution >= 4 is 5.91 Å². The van der Waals surface area contributed by atoms with Crippen molar-refractivity contribution < 1.29 is 19.7 Å². The first kappa shape index (κ1) is 20.3. The highest BCUT2D eigenvalue weighted by Crippen LogP contribution is 2.16. The highest BCUT2D eigenvalue weighted by Gasteiger charge is 2.17. The molecule has 0 aromatic heterocycles. The highest BCUT2D eigenvalue weighted by atomic mass is 16.6. The maximum atomic E-state index is 11.1. The van der Waals surface area contributed by atoms with Gasteiger partial charge in [-0.05, 0) is 6.42 Å². The number of nitrogens with two attached hydrogens (primary N) is 1. The zero-order chi connectivity index (χ0) is 15.9. The number of unbranched alkanes of at least 4 members (excludes halogenated alkanes) is 7. The van der Waals surface area contributed by atoms with Gasteiger partial charge in [0.15, 0.2) is 6.29 Å². The molecular weight excluding hydrogens is 270 g/mol. The summed E-state index contributed by atoms with van der Waals surface area (Å²) in [6, 6.07) is 0. The number of carbonyl (C=O) groups excluding carboxylic acids is 1. The fourth-order valence-corrected chi connectivity index (χ4v) is 2.16. The van der Waals surface area contributed by atoms with Crippen LogP contribution in [-0.4, -0.2) is 35.6 Å². The van der Waals surface area contributed by atoms with Crippen LogP contribution in [0, 0.1) is 5.92 Å². The quantitative estimate of drug-likeness (QED) is 0.293. The van der Waals surface area contributed by atoms with Gasteiger partial charge >= 0.3 is 0 Å². The van der Waals surface area contributed by atoms with Crippen LogP contribution in [0.2, 0.25) is 0 Å². The van der Waals surface area contributed by atoms with Crippen molar-refractivity contribution in [1.82, 2.24) is 0 Å². The lowest BCUT2D eigenvalue weighted by Crippen LogP contribution is -2.27. The molecule has 5 nitrogen and oxygen atoms in total. The molecule has 1 saturated heterocycles. The molecular formula is C16H33NO4. The van der Waals surface area contributed by atoms with Crippen molar-refractivity contribution in [3.8, 4) is 0 Å². The van der Waals surface area contributed by atoms with Gasteiger partial charge < -0.3 is 20.7 Å². The number of epoxide rings is 1. The van der Waals surface area contributed by atoms with Crippen LogP contribution in [-0.2, 0) is 9.53 Å². The second kappa shape index (κ2) is 14.3. The van der Waals surface area contributed by atoms with Gasteiger partial charge in [0.2, 0.25) is 5.91 Å². The summed E-state index contributed by atoms with van der Waals surface area (Å²) in [6.45, 7) is 4.21. The smallest absolute Gasteiger partial charge is 0.220 e. The zero-order valence-electron chi connectivity index (χ0n) is 13.4. The van der Waals surface area contributed by atoms with Crippen LogP contribution in [0.15, 0.2) is 0 Å². The third-order valence-corrected chi connectivity index (χ3v) is 3.51. The third-order valence-electron chi connectivity index (χ3n) is 3.51. The van der Waals surface area contributed by atoms with E-state index >= 15 is 0 Å². The van der Waals surface area contributed by atoms with Crippen LogP contribution in [0.4, 0.5) is 0 Å². The average molecular weight is 303 g/mol. The number of primary amides is 1. The second-order valence-corrected chi connectivity index (χ2v) is 5.69. The molecule has 1 heterocycles. The van der Waals surface area contributed by atoms with Crippen molar-refractivity contribution in [2.75, 3.05) is 13.2 Å². The number of aliphatic hydroxyl groups is 2. The van der Waals surface area contributed by atoms with E-state index in [4.69, 9.17) is 15.9 Å². The van der Waals surface area contributed by atoms with Gasteiger partial charge in [-0.25, -0.2) is 0 Å². The highest BCUT2D eigenvalue weighted by molar-refractivity contribution is 5.76. The summed E-state index contributed by atoms with van der Waals surface area (Å²) >= 11 is 0. The molecule has 0 bridgehead atoms. The Bertz CT molecular complexity index is 242. The van der Waals surface area contributed by atoms with Crippen LogP contribution >= 0.6 is 0 Å². The Morgan fingerprint density at radius 3 is 1.90 bits per heavy atom. The van der Waals surface area contributed by atoms with Crippen molar-refractivity contribution in [3.05, 3.63) is 0 Å². The summed E-state index contributed by atoms with van der Waals surface area (Å²) in [6.07, 6.45) is 8.97. The third kappa shape index (κ3) is 17.3. The molecule has 21 heavy (non-hydrogen) atoms. The van der Waals surface area contributed by atoms with E-state index < -0.39 is 18.1 Å². The molecule has 0 spiro atoms. The number of rotatable bonds is 12. The van der Waals surface area contributed by atoms with E-state index in [-0.39, 0.29) is 6.42 Å². The second-order valence-electron chi connectivity index (χ2n) is 5.69. The maximum Gasteiger partial charge on any atom is 0.220 e. The van der Waals surface area contributed by atoms with Crippen LogP contribution in [0.1, 0.15) is 71.1 Å². The summed E-state index contributed by atoms with van der Waals surface area (Å²) in [7, 11) is 0. The van der Waals surface area contributed by atoms with Crippen LogP contribution < -0.4 is 5.73 Å². The first-order valence-corrected chi connectivity index (χ1v) is 8.31. The molecule has 1 aliphatic heterocycles. The Balaban J connectivity index is 0.00000117. The number of amides is 1. The topological polar surface area (TPSA) is 96.1 Å². The summed E-state index contributed by atoms with van der Waals surface area (Å²) in [4.78, 5) is 11.1. The Morgan fingerprint density at radius 1 is 1.05 bits per heavy atom. The largest absolute Gasteiger partial charge is 0.377 e. The van der Waals surface area contributed by atoms with Gasteiger partial charge in [-0.1, -0.05) is 58.3 Å². The number of aliphatic hydroxyl groups excluding tert-OH is 1. The molecule has 1 rings (SSSR count). The lowest BCUT2D eigenvalue weighted by molar-refractivity contribution is -0.126. The molecule has 5 heteroatoms. The molecule has 0 saturated carbocycles. The lowest BCUT2D eigenvalue weighted by Gasteiger charge is -2.14. The Hall–Kier alpha value is -0.650. The maximum absolute atomic E-state index is 11.1. The van der Waals surface area contributed by atoms with Crippen molar-refractivity contribution in [2.45, 2.75) is 77.4 Å². The zero-order valence-corrected chi connectivity index (χ0v) is 13.4. The predicted octanol–water partition coefficient (Wildman–Crippen LogP) is 2.34. The first-order valence-electron chi connectivity index (χ1n) is 8.31. The number of ether oxygens (including phenoxy) is 1.